The van der Waals surface area contributed by atoms with E-state index in [1.807, 2.05) is 6.07 Å². The van der Waals surface area contributed by atoms with Gasteiger partial charge in [-0.15, -0.1) is 0 Å². The Hall–Kier alpha value is -1.62. The Balaban J connectivity index is 1.57. The third-order valence-electron chi connectivity index (χ3n) is 4.44. The van der Waals surface area contributed by atoms with E-state index in [1.165, 1.54) is 6.07 Å². The van der Waals surface area contributed by atoms with Gasteiger partial charge in [0.25, 0.3) is 0 Å². The van der Waals surface area contributed by atoms with E-state index in [2.05, 4.69) is 10.6 Å². The molecule has 0 bridgehead atoms. The van der Waals surface area contributed by atoms with E-state index in [0.717, 1.165) is 24.8 Å². The molecule has 1 aromatic carbocycles. The second-order valence-electron chi connectivity index (χ2n) is 5.88. The zero-order valence-electron chi connectivity index (χ0n) is 11.3. The minimum absolute atomic E-state index is 0.100. The molecule has 20 heavy (non-hydrogen) atoms. The van der Waals surface area contributed by atoms with Crippen LogP contribution in [-0.2, 0) is 6.42 Å². The van der Waals surface area contributed by atoms with Gasteiger partial charge in [-0.2, -0.15) is 0 Å². The van der Waals surface area contributed by atoms with Crippen LogP contribution in [0.25, 0.3) is 0 Å². The van der Waals surface area contributed by atoms with Crippen molar-refractivity contribution in [2.75, 3.05) is 13.2 Å². The van der Waals surface area contributed by atoms with Crippen molar-refractivity contribution >= 4 is 6.03 Å². The number of benzene rings is 1. The largest absolute Gasteiger partial charge is 0.396 e. The standard InChI is InChI=1S/C15H19FN2O2/c16-12-3-1-2-11-10(12)4-5-13(11)18-14(20)17-8-15(9-19)6-7-15/h1-3,13,19H,4-9H2,(H2,17,18,20). The minimum Gasteiger partial charge on any atom is -0.396 e. The van der Waals surface area contributed by atoms with Crippen molar-refractivity contribution < 1.29 is 14.3 Å². The number of aliphatic hydroxyl groups excluding tert-OH is 1. The Morgan fingerprint density at radius 2 is 2.25 bits per heavy atom. The number of amides is 2. The van der Waals surface area contributed by atoms with Crippen LogP contribution in [0.3, 0.4) is 0 Å². The Labute approximate surface area is 117 Å². The van der Waals surface area contributed by atoms with Crippen molar-refractivity contribution in [3.63, 3.8) is 0 Å². The molecule has 1 saturated carbocycles. The first kappa shape index (κ1) is 13.4. The van der Waals surface area contributed by atoms with Gasteiger partial charge in [0.1, 0.15) is 5.82 Å². The fourth-order valence-corrected chi connectivity index (χ4v) is 2.80. The van der Waals surface area contributed by atoms with E-state index in [-0.39, 0.29) is 29.9 Å². The molecule has 0 aromatic heterocycles. The number of aliphatic hydroxyl groups is 1. The topological polar surface area (TPSA) is 61.4 Å². The highest BCUT2D eigenvalue weighted by Gasteiger charge is 2.42. The van der Waals surface area contributed by atoms with Gasteiger partial charge < -0.3 is 15.7 Å². The fourth-order valence-electron chi connectivity index (χ4n) is 2.80. The summed E-state index contributed by atoms with van der Waals surface area (Å²) in [4.78, 5) is 11.9. The minimum atomic E-state index is -0.244. The lowest BCUT2D eigenvalue weighted by atomic mass is 10.1. The zero-order valence-corrected chi connectivity index (χ0v) is 11.3. The fraction of sp³-hybridized carbons (Fsp3) is 0.533. The molecule has 0 saturated heterocycles. The number of carbonyl (C=O) groups is 1. The van der Waals surface area contributed by atoms with Crippen LogP contribution in [0.15, 0.2) is 18.2 Å². The molecule has 3 rings (SSSR count). The molecule has 3 N–H and O–H groups in total. The van der Waals surface area contributed by atoms with Gasteiger partial charge >= 0.3 is 6.03 Å². The van der Waals surface area contributed by atoms with E-state index < -0.39 is 0 Å². The highest BCUT2D eigenvalue weighted by Crippen LogP contribution is 2.44. The van der Waals surface area contributed by atoms with Crippen LogP contribution in [0.2, 0.25) is 0 Å². The first-order chi connectivity index (χ1) is 9.63. The molecule has 2 aliphatic rings. The summed E-state index contributed by atoms with van der Waals surface area (Å²) in [7, 11) is 0. The molecule has 2 aliphatic carbocycles. The third-order valence-corrected chi connectivity index (χ3v) is 4.44. The van der Waals surface area contributed by atoms with Gasteiger partial charge in [-0.25, -0.2) is 9.18 Å². The monoisotopic (exact) mass is 278 g/mol. The summed E-state index contributed by atoms with van der Waals surface area (Å²) < 4.78 is 13.6. The molecule has 1 aromatic rings. The number of halogens is 1. The van der Waals surface area contributed by atoms with Gasteiger partial charge in [0, 0.05) is 12.0 Å². The summed E-state index contributed by atoms with van der Waals surface area (Å²) in [6.45, 7) is 0.614. The quantitative estimate of drug-likeness (QED) is 0.787. The van der Waals surface area contributed by atoms with Crippen molar-refractivity contribution in [1.82, 2.24) is 10.6 Å². The molecule has 1 fully saturated rings. The van der Waals surface area contributed by atoms with Gasteiger partial charge in [0.05, 0.1) is 12.6 Å². The number of urea groups is 1. The molecule has 2 amide bonds. The van der Waals surface area contributed by atoms with Crippen molar-refractivity contribution in [3.8, 4) is 0 Å². The van der Waals surface area contributed by atoms with Crippen LogP contribution in [-0.4, -0.2) is 24.3 Å². The highest BCUT2D eigenvalue weighted by molar-refractivity contribution is 5.74. The van der Waals surface area contributed by atoms with E-state index in [4.69, 9.17) is 0 Å². The van der Waals surface area contributed by atoms with E-state index in [9.17, 15) is 14.3 Å². The van der Waals surface area contributed by atoms with Crippen molar-refractivity contribution in [2.24, 2.45) is 5.41 Å². The zero-order chi connectivity index (χ0) is 14.2. The molecule has 4 nitrogen and oxygen atoms in total. The number of hydrogen-bond acceptors (Lipinski definition) is 2. The normalized spacial score (nSPS) is 22.2. The predicted octanol–water partition coefficient (Wildman–Crippen LogP) is 1.88. The maximum Gasteiger partial charge on any atom is 0.315 e. The predicted molar refractivity (Wildman–Crippen MR) is 72.7 cm³/mol. The van der Waals surface area contributed by atoms with Crippen LogP contribution in [0.4, 0.5) is 9.18 Å². The van der Waals surface area contributed by atoms with Gasteiger partial charge in [-0.1, -0.05) is 12.1 Å². The van der Waals surface area contributed by atoms with Crippen molar-refractivity contribution in [2.45, 2.75) is 31.7 Å². The Morgan fingerprint density at radius 3 is 2.95 bits per heavy atom. The molecular formula is C15H19FN2O2. The molecular weight excluding hydrogens is 259 g/mol. The van der Waals surface area contributed by atoms with E-state index in [1.54, 1.807) is 6.07 Å². The number of fused-ring (bicyclic) bond motifs is 1. The lowest BCUT2D eigenvalue weighted by Crippen LogP contribution is -2.40. The van der Waals surface area contributed by atoms with Crippen LogP contribution in [0.1, 0.15) is 36.4 Å². The summed E-state index contributed by atoms with van der Waals surface area (Å²) in [6, 6.07) is 4.64. The molecule has 0 aliphatic heterocycles. The second-order valence-corrected chi connectivity index (χ2v) is 5.88. The maximum atomic E-state index is 13.6. The first-order valence-corrected chi connectivity index (χ1v) is 7.06. The summed E-state index contributed by atoms with van der Waals surface area (Å²) in [5, 5.41) is 14.9. The van der Waals surface area contributed by atoms with Gasteiger partial charge in [0.15, 0.2) is 0 Å². The number of nitrogens with one attached hydrogen (secondary N) is 2. The van der Waals surface area contributed by atoms with Crippen LogP contribution in [0, 0.1) is 11.2 Å². The summed E-state index contributed by atoms with van der Waals surface area (Å²) in [6.07, 6.45) is 3.31. The van der Waals surface area contributed by atoms with Gasteiger partial charge in [-0.05, 0) is 42.9 Å². The molecule has 0 heterocycles. The smallest absolute Gasteiger partial charge is 0.315 e. The van der Waals surface area contributed by atoms with Crippen LogP contribution < -0.4 is 10.6 Å². The van der Waals surface area contributed by atoms with Crippen molar-refractivity contribution in [3.05, 3.63) is 35.1 Å². The lowest BCUT2D eigenvalue weighted by molar-refractivity contribution is 0.202. The van der Waals surface area contributed by atoms with Gasteiger partial charge in [-0.3, -0.25) is 0 Å². The number of hydrogen-bond donors (Lipinski definition) is 3. The molecule has 1 atom stereocenters. The Kier molecular flexibility index (Phi) is 3.38. The lowest BCUT2D eigenvalue weighted by Gasteiger charge is -2.17. The van der Waals surface area contributed by atoms with E-state index in [0.29, 0.717) is 18.5 Å². The first-order valence-electron chi connectivity index (χ1n) is 7.06. The molecule has 1 unspecified atom stereocenters. The average molecular weight is 278 g/mol. The Bertz CT molecular complexity index is 529. The maximum absolute atomic E-state index is 13.6. The van der Waals surface area contributed by atoms with E-state index >= 15 is 0 Å². The Morgan fingerprint density at radius 1 is 1.45 bits per heavy atom. The van der Waals surface area contributed by atoms with Crippen LogP contribution >= 0.6 is 0 Å². The molecule has 5 heteroatoms. The number of carbonyl (C=O) groups excluding carboxylic acids is 1. The highest BCUT2D eigenvalue weighted by atomic mass is 19.1. The second kappa shape index (κ2) is 5.05. The summed E-state index contributed by atoms with van der Waals surface area (Å²) >= 11 is 0. The van der Waals surface area contributed by atoms with Gasteiger partial charge in [0.2, 0.25) is 0 Å². The molecule has 0 spiro atoms. The van der Waals surface area contributed by atoms with Crippen LogP contribution in [0.5, 0.6) is 0 Å². The number of rotatable bonds is 4. The summed E-state index contributed by atoms with van der Waals surface area (Å²) in [5.41, 5.74) is 1.49. The molecule has 0 radical (unpaired) electrons. The molecule has 108 valence electrons. The van der Waals surface area contributed by atoms with Crippen molar-refractivity contribution in [1.29, 1.82) is 0 Å². The third kappa shape index (κ3) is 2.50. The summed E-state index contributed by atoms with van der Waals surface area (Å²) in [5.74, 6) is -0.190. The average Bonchev–Trinajstić information content (AvgIpc) is 3.13. The SMILES string of the molecule is O=C(NCC1(CO)CC1)NC1CCc2c(F)cccc21.